The SMILES string of the molecule is CCCOC(C)(C)CC(CC)(CC(C)(C)OCCC)CC(C)(C)OCC(C)C(C)(C)N. The zero-order valence-electron chi connectivity index (χ0n) is 23.2. The van der Waals surface area contributed by atoms with Gasteiger partial charge in [0.25, 0.3) is 0 Å². The summed E-state index contributed by atoms with van der Waals surface area (Å²) in [6, 6.07) is 0. The Morgan fingerprint density at radius 1 is 0.645 bits per heavy atom. The van der Waals surface area contributed by atoms with E-state index in [9.17, 15) is 0 Å². The first-order chi connectivity index (χ1) is 13.9. The van der Waals surface area contributed by atoms with Crippen molar-refractivity contribution in [2.24, 2.45) is 17.1 Å². The van der Waals surface area contributed by atoms with Crippen LogP contribution in [0, 0.1) is 11.3 Å². The molecule has 0 aromatic rings. The van der Waals surface area contributed by atoms with Gasteiger partial charge in [-0.2, -0.15) is 0 Å². The van der Waals surface area contributed by atoms with Crippen LogP contribution in [0.5, 0.6) is 0 Å². The third-order valence-electron chi connectivity index (χ3n) is 6.54. The van der Waals surface area contributed by atoms with Gasteiger partial charge >= 0.3 is 0 Å². The van der Waals surface area contributed by atoms with Crippen molar-refractivity contribution in [1.82, 2.24) is 0 Å². The van der Waals surface area contributed by atoms with Gasteiger partial charge in [-0.05, 0) is 98.8 Å². The van der Waals surface area contributed by atoms with E-state index in [1.807, 2.05) is 0 Å². The molecule has 0 heterocycles. The standard InChI is InChI=1S/C27H57NO3/c1-13-16-29-23(5,6)19-27(15-3,20-24(7,8)30-17-14-2)21-25(9,10)31-18-22(4)26(11,12)28/h22H,13-21,28H2,1-12H3. The van der Waals surface area contributed by atoms with Crippen LogP contribution in [-0.2, 0) is 14.2 Å². The van der Waals surface area contributed by atoms with Crippen molar-refractivity contribution in [3.63, 3.8) is 0 Å². The fourth-order valence-corrected chi connectivity index (χ4v) is 4.75. The fourth-order valence-electron chi connectivity index (χ4n) is 4.75. The van der Waals surface area contributed by atoms with Crippen LogP contribution in [0.3, 0.4) is 0 Å². The van der Waals surface area contributed by atoms with Crippen molar-refractivity contribution in [2.45, 2.75) is 144 Å². The summed E-state index contributed by atoms with van der Waals surface area (Å²) >= 11 is 0. The summed E-state index contributed by atoms with van der Waals surface area (Å²) in [5.41, 5.74) is 5.49. The number of ether oxygens (including phenoxy) is 3. The monoisotopic (exact) mass is 443 g/mol. The Bertz CT molecular complexity index is 469. The normalized spacial score (nSPS) is 15.4. The predicted octanol–water partition coefficient (Wildman–Crippen LogP) is 7.13. The van der Waals surface area contributed by atoms with Gasteiger partial charge in [0.05, 0.1) is 23.4 Å². The summed E-state index contributed by atoms with van der Waals surface area (Å²) in [4.78, 5) is 0. The second-order valence-corrected chi connectivity index (χ2v) is 12.4. The number of hydrogen-bond donors (Lipinski definition) is 1. The molecule has 2 N–H and O–H groups in total. The van der Waals surface area contributed by atoms with E-state index in [-0.39, 0.29) is 33.7 Å². The van der Waals surface area contributed by atoms with Crippen LogP contribution in [0.1, 0.15) is 122 Å². The lowest BCUT2D eigenvalue weighted by molar-refractivity contribution is -0.124. The molecule has 0 rings (SSSR count). The summed E-state index contributed by atoms with van der Waals surface area (Å²) in [5, 5.41) is 0. The van der Waals surface area contributed by atoms with E-state index in [4.69, 9.17) is 19.9 Å². The van der Waals surface area contributed by atoms with Gasteiger partial charge in [-0.25, -0.2) is 0 Å². The Morgan fingerprint density at radius 2 is 1.00 bits per heavy atom. The average Bonchev–Trinajstić information content (AvgIpc) is 2.60. The molecule has 0 saturated heterocycles. The average molecular weight is 444 g/mol. The molecule has 188 valence electrons. The van der Waals surface area contributed by atoms with Gasteiger partial charge in [-0.1, -0.05) is 34.1 Å². The quantitative estimate of drug-likeness (QED) is 0.260. The van der Waals surface area contributed by atoms with E-state index in [1.54, 1.807) is 0 Å². The molecule has 4 heteroatoms. The zero-order chi connectivity index (χ0) is 24.6. The fraction of sp³-hybridized carbons (Fsp3) is 1.00. The number of nitrogens with two attached hydrogens (primary N) is 1. The van der Waals surface area contributed by atoms with Gasteiger partial charge in [-0.3, -0.25) is 0 Å². The third kappa shape index (κ3) is 12.6. The minimum absolute atomic E-state index is 0.0550. The van der Waals surface area contributed by atoms with Crippen molar-refractivity contribution < 1.29 is 14.2 Å². The molecule has 0 aliphatic rings. The summed E-state index contributed by atoms with van der Waals surface area (Å²) in [7, 11) is 0. The van der Waals surface area contributed by atoms with Crippen LogP contribution in [-0.4, -0.2) is 42.2 Å². The van der Waals surface area contributed by atoms with Gasteiger partial charge in [0, 0.05) is 18.8 Å². The second kappa shape index (κ2) is 12.3. The molecule has 0 aromatic heterocycles. The molecule has 0 aromatic carbocycles. The maximum Gasteiger partial charge on any atom is 0.0632 e. The lowest BCUT2D eigenvalue weighted by Gasteiger charge is -2.47. The number of hydrogen-bond acceptors (Lipinski definition) is 4. The molecule has 0 amide bonds. The van der Waals surface area contributed by atoms with E-state index < -0.39 is 0 Å². The first-order valence-corrected chi connectivity index (χ1v) is 12.6. The van der Waals surface area contributed by atoms with Gasteiger partial charge in [0.2, 0.25) is 0 Å². The zero-order valence-corrected chi connectivity index (χ0v) is 23.2. The van der Waals surface area contributed by atoms with E-state index >= 15 is 0 Å². The minimum atomic E-state index is -0.253. The Morgan fingerprint density at radius 3 is 1.29 bits per heavy atom. The van der Waals surface area contributed by atoms with Crippen molar-refractivity contribution in [3.8, 4) is 0 Å². The van der Waals surface area contributed by atoms with Gasteiger partial charge in [0.15, 0.2) is 0 Å². The molecular weight excluding hydrogens is 386 g/mol. The van der Waals surface area contributed by atoms with Gasteiger partial charge in [-0.15, -0.1) is 0 Å². The summed E-state index contributed by atoms with van der Waals surface area (Å²) in [6.07, 6.45) is 6.08. The highest BCUT2D eigenvalue weighted by Gasteiger charge is 2.44. The lowest BCUT2D eigenvalue weighted by Crippen LogP contribution is -2.46. The minimum Gasteiger partial charge on any atom is -0.376 e. The lowest BCUT2D eigenvalue weighted by atomic mass is 9.65. The maximum absolute atomic E-state index is 6.50. The Balaban J connectivity index is 5.71. The smallest absolute Gasteiger partial charge is 0.0632 e. The predicted molar refractivity (Wildman–Crippen MR) is 135 cm³/mol. The van der Waals surface area contributed by atoms with Crippen molar-refractivity contribution in [2.75, 3.05) is 19.8 Å². The molecule has 31 heavy (non-hydrogen) atoms. The van der Waals surface area contributed by atoms with Crippen LogP contribution in [0.2, 0.25) is 0 Å². The van der Waals surface area contributed by atoms with Crippen LogP contribution in [0.4, 0.5) is 0 Å². The van der Waals surface area contributed by atoms with Gasteiger partial charge in [0.1, 0.15) is 0 Å². The largest absolute Gasteiger partial charge is 0.376 e. The molecule has 0 radical (unpaired) electrons. The molecule has 0 fully saturated rings. The molecule has 0 spiro atoms. The van der Waals surface area contributed by atoms with Crippen LogP contribution in [0.25, 0.3) is 0 Å². The molecule has 0 aliphatic heterocycles. The topological polar surface area (TPSA) is 53.7 Å². The summed E-state index contributed by atoms with van der Waals surface area (Å²) in [5.74, 6) is 0.288. The molecule has 0 aliphatic carbocycles. The van der Waals surface area contributed by atoms with E-state index in [0.29, 0.717) is 6.61 Å². The Labute approximate surface area is 195 Å². The molecule has 0 bridgehead atoms. The molecule has 4 nitrogen and oxygen atoms in total. The third-order valence-corrected chi connectivity index (χ3v) is 6.54. The summed E-state index contributed by atoms with van der Waals surface area (Å²) in [6.45, 7) is 28.6. The molecule has 0 saturated carbocycles. The van der Waals surface area contributed by atoms with Crippen LogP contribution in [0.15, 0.2) is 0 Å². The Hall–Kier alpha value is -0.160. The second-order valence-electron chi connectivity index (χ2n) is 12.4. The highest BCUT2D eigenvalue weighted by molar-refractivity contribution is 4.95. The van der Waals surface area contributed by atoms with Crippen molar-refractivity contribution >= 4 is 0 Å². The highest BCUT2D eigenvalue weighted by atomic mass is 16.5. The molecular formula is C27H57NO3. The molecule has 1 unspecified atom stereocenters. The summed E-state index contributed by atoms with van der Waals surface area (Å²) < 4.78 is 19.1. The van der Waals surface area contributed by atoms with Crippen LogP contribution < -0.4 is 5.73 Å². The van der Waals surface area contributed by atoms with E-state index in [0.717, 1.165) is 51.7 Å². The van der Waals surface area contributed by atoms with E-state index in [2.05, 4.69) is 83.1 Å². The number of rotatable bonds is 17. The van der Waals surface area contributed by atoms with Gasteiger partial charge < -0.3 is 19.9 Å². The van der Waals surface area contributed by atoms with E-state index in [1.165, 1.54) is 0 Å². The Kier molecular flexibility index (Phi) is 12.3. The van der Waals surface area contributed by atoms with Crippen LogP contribution >= 0.6 is 0 Å². The highest BCUT2D eigenvalue weighted by Crippen LogP contribution is 2.47. The molecule has 1 atom stereocenters. The maximum atomic E-state index is 6.50. The first-order valence-electron chi connectivity index (χ1n) is 12.6. The van der Waals surface area contributed by atoms with Crippen molar-refractivity contribution in [3.05, 3.63) is 0 Å². The first kappa shape index (κ1) is 30.8. The van der Waals surface area contributed by atoms with Crippen molar-refractivity contribution in [1.29, 1.82) is 0 Å².